The Kier molecular flexibility index (Phi) is 4.78. The normalized spacial score (nSPS) is 20.2. The number of hydrogen-bond donors (Lipinski definition) is 0. The van der Waals surface area contributed by atoms with E-state index in [2.05, 4.69) is 0 Å². The van der Waals surface area contributed by atoms with E-state index in [1.807, 2.05) is 13.0 Å². The Balaban J connectivity index is 2.44. The Bertz CT molecular complexity index is 644. The highest BCUT2D eigenvalue weighted by atomic mass is 35.5. The molecule has 7 heteroatoms. The van der Waals surface area contributed by atoms with Gasteiger partial charge in [-0.3, -0.25) is 4.79 Å². The molecule has 1 aliphatic heterocycles. The number of nitrogens with zero attached hydrogens (tertiary/aromatic N) is 1. The van der Waals surface area contributed by atoms with Crippen LogP contribution in [0.15, 0.2) is 18.2 Å². The van der Waals surface area contributed by atoms with Crippen molar-refractivity contribution in [1.82, 2.24) is 0 Å². The lowest BCUT2D eigenvalue weighted by atomic mass is 10.1. The highest BCUT2D eigenvalue weighted by Crippen LogP contribution is 2.30. The van der Waals surface area contributed by atoms with E-state index in [1.54, 1.807) is 19.2 Å². The molecule has 116 valence electrons. The maximum atomic E-state index is 12.2. The van der Waals surface area contributed by atoms with Crippen molar-refractivity contribution in [2.75, 3.05) is 29.4 Å². The summed E-state index contributed by atoms with van der Waals surface area (Å²) < 4.78 is 28.6. The van der Waals surface area contributed by atoms with E-state index < -0.39 is 9.84 Å². The minimum atomic E-state index is -3.09. The molecule has 1 aromatic rings. The van der Waals surface area contributed by atoms with Gasteiger partial charge < -0.3 is 9.64 Å². The summed E-state index contributed by atoms with van der Waals surface area (Å²) in [5.41, 5.74) is 1.53. The summed E-state index contributed by atoms with van der Waals surface area (Å²) >= 11 is 5.70. The number of sulfone groups is 1. The fourth-order valence-corrected chi connectivity index (χ4v) is 4.38. The molecular formula is C14H18ClNO4S. The van der Waals surface area contributed by atoms with Crippen molar-refractivity contribution < 1.29 is 17.9 Å². The zero-order valence-corrected chi connectivity index (χ0v) is 13.6. The molecule has 0 saturated carbocycles. The molecule has 0 unspecified atom stereocenters. The van der Waals surface area contributed by atoms with Crippen LogP contribution in [0.25, 0.3) is 0 Å². The molecule has 21 heavy (non-hydrogen) atoms. The fraction of sp³-hybridized carbons (Fsp3) is 0.500. The Hall–Kier alpha value is -1.27. The third-order valence-electron chi connectivity index (χ3n) is 3.63. The van der Waals surface area contributed by atoms with Gasteiger partial charge in [0.2, 0.25) is 5.91 Å². The Morgan fingerprint density at radius 2 is 2.19 bits per heavy atom. The molecule has 0 spiro atoms. The topological polar surface area (TPSA) is 63.7 Å². The van der Waals surface area contributed by atoms with Gasteiger partial charge in [-0.1, -0.05) is 6.07 Å². The van der Waals surface area contributed by atoms with Crippen LogP contribution in [0.1, 0.15) is 12.0 Å². The lowest BCUT2D eigenvalue weighted by Gasteiger charge is -2.29. The van der Waals surface area contributed by atoms with Gasteiger partial charge in [-0.25, -0.2) is 8.42 Å². The van der Waals surface area contributed by atoms with Gasteiger partial charge in [0.25, 0.3) is 0 Å². The first-order chi connectivity index (χ1) is 9.88. The quantitative estimate of drug-likeness (QED) is 0.789. The summed E-state index contributed by atoms with van der Waals surface area (Å²) in [7, 11) is -1.54. The number of alkyl halides is 1. The van der Waals surface area contributed by atoms with Crippen molar-refractivity contribution >= 4 is 33.0 Å². The summed E-state index contributed by atoms with van der Waals surface area (Å²) in [6.07, 6.45) is 0.432. The van der Waals surface area contributed by atoms with Gasteiger partial charge in [0.1, 0.15) is 11.6 Å². The van der Waals surface area contributed by atoms with E-state index in [1.165, 1.54) is 4.90 Å². The van der Waals surface area contributed by atoms with E-state index >= 15 is 0 Å². The fourth-order valence-electron chi connectivity index (χ4n) is 2.55. The number of carbonyl (C=O) groups is 1. The van der Waals surface area contributed by atoms with Crippen LogP contribution in [0, 0.1) is 6.92 Å². The first kappa shape index (κ1) is 16.1. The Labute approximate surface area is 129 Å². The van der Waals surface area contributed by atoms with Crippen molar-refractivity contribution in [3.05, 3.63) is 23.8 Å². The van der Waals surface area contributed by atoms with Gasteiger partial charge >= 0.3 is 0 Å². The Morgan fingerprint density at radius 3 is 2.71 bits per heavy atom. The molecule has 5 nitrogen and oxygen atoms in total. The van der Waals surface area contributed by atoms with Crippen LogP contribution in [-0.4, -0.2) is 44.9 Å². The van der Waals surface area contributed by atoms with E-state index in [-0.39, 0.29) is 29.3 Å². The number of methoxy groups -OCH3 is 1. The molecule has 1 fully saturated rings. The maximum Gasteiger partial charge on any atom is 0.242 e. The van der Waals surface area contributed by atoms with Crippen molar-refractivity contribution in [2.45, 2.75) is 19.4 Å². The second-order valence-corrected chi connectivity index (χ2v) is 7.60. The number of halogens is 1. The second kappa shape index (κ2) is 6.23. The largest absolute Gasteiger partial charge is 0.497 e. The predicted molar refractivity (Wildman–Crippen MR) is 83.0 cm³/mol. The van der Waals surface area contributed by atoms with Gasteiger partial charge in [0.05, 0.1) is 30.3 Å². The van der Waals surface area contributed by atoms with Gasteiger partial charge in [-0.15, -0.1) is 11.6 Å². The summed E-state index contributed by atoms with van der Waals surface area (Å²) in [5.74, 6) is 0.214. The molecule has 0 bridgehead atoms. The highest BCUT2D eigenvalue weighted by Gasteiger charge is 2.35. The van der Waals surface area contributed by atoms with Crippen LogP contribution >= 0.6 is 11.6 Å². The number of benzene rings is 1. The van der Waals surface area contributed by atoms with E-state index in [0.717, 1.165) is 5.56 Å². The smallest absolute Gasteiger partial charge is 0.242 e. The zero-order valence-electron chi connectivity index (χ0n) is 12.0. The highest BCUT2D eigenvalue weighted by molar-refractivity contribution is 7.91. The molecule has 1 saturated heterocycles. The first-order valence-corrected chi connectivity index (χ1v) is 8.96. The SMILES string of the molecule is COc1ccc(C)c(N(C(=O)CCl)[C@@H]2CCS(=O)(=O)C2)c1. The van der Waals surface area contributed by atoms with Crippen molar-refractivity contribution in [1.29, 1.82) is 0 Å². The van der Waals surface area contributed by atoms with Gasteiger partial charge in [-0.2, -0.15) is 0 Å². The summed E-state index contributed by atoms with van der Waals surface area (Å²) in [6, 6.07) is 5.01. The summed E-state index contributed by atoms with van der Waals surface area (Å²) in [5, 5.41) is 0. The molecular weight excluding hydrogens is 314 g/mol. The van der Waals surface area contributed by atoms with E-state index in [9.17, 15) is 13.2 Å². The van der Waals surface area contributed by atoms with E-state index in [0.29, 0.717) is 17.9 Å². The summed E-state index contributed by atoms with van der Waals surface area (Å²) in [6.45, 7) is 1.87. The number of amides is 1. The third-order valence-corrected chi connectivity index (χ3v) is 5.61. The number of aryl methyl sites for hydroxylation is 1. The molecule has 0 radical (unpaired) electrons. The lowest BCUT2D eigenvalue weighted by Crippen LogP contribution is -2.42. The standard InChI is InChI=1S/C14H18ClNO4S/c1-10-3-4-12(20-2)7-13(10)16(14(17)8-15)11-5-6-21(18,19)9-11/h3-4,7,11H,5-6,8-9H2,1-2H3/t11-/m1/s1. The van der Waals surface area contributed by atoms with Gasteiger partial charge in [0.15, 0.2) is 9.84 Å². The van der Waals surface area contributed by atoms with Gasteiger partial charge in [-0.05, 0) is 25.0 Å². The molecule has 1 aliphatic rings. The second-order valence-electron chi connectivity index (χ2n) is 5.11. The zero-order chi connectivity index (χ0) is 15.6. The number of carbonyl (C=O) groups excluding carboxylic acids is 1. The molecule has 0 aliphatic carbocycles. The van der Waals surface area contributed by atoms with Crippen molar-refractivity contribution in [3.8, 4) is 5.75 Å². The maximum absolute atomic E-state index is 12.2. The monoisotopic (exact) mass is 331 g/mol. The molecule has 1 atom stereocenters. The molecule has 1 heterocycles. The number of rotatable bonds is 4. The van der Waals surface area contributed by atoms with E-state index in [4.69, 9.17) is 16.3 Å². The summed E-state index contributed by atoms with van der Waals surface area (Å²) in [4.78, 5) is 13.7. The predicted octanol–water partition coefficient (Wildman–Crippen LogP) is 1.76. The molecule has 1 amide bonds. The molecule has 2 rings (SSSR count). The van der Waals surface area contributed by atoms with Crippen LogP contribution in [0.3, 0.4) is 0 Å². The van der Waals surface area contributed by atoms with Crippen molar-refractivity contribution in [2.24, 2.45) is 0 Å². The number of hydrogen-bond acceptors (Lipinski definition) is 4. The van der Waals surface area contributed by atoms with Crippen LogP contribution < -0.4 is 9.64 Å². The average molecular weight is 332 g/mol. The molecule has 1 aromatic carbocycles. The lowest BCUT2D eigenvalue weighted by molar-refractivity contribution is -0.116. The Morgan fingerprint density at radius 1 is 1.48 bits per heavy atom. The van der Waals surface area contributed by atoms with Crippen LogP contribution in [0.5, 0.6) is 5.75 Å². The third kappa shape index (κ3) is 3.49. The first-order valence-electron chi connectivity index (χ1n) is 6.61. The molecule has 0 aromatic heterocycles. The number of ether oxygens (including phenoxy) is 1. The minimum absolute atomic E-state index is 0.0215. The van der Waals surface area contributed by atoms with Crippen molar-refractivity contribution in [3.63, 3.8) is 0 Å². The van der Waals surface area contributed by atoms with Crippen LogP contribution in [-0.2, 0) is 14.6 Å². The van der Waals surface area contributed by atoms with Crippen LogP contribution in [0.4, 0.5) is 5.69 Å². The average Bonchev–Trinajstić information content (AvgIpc) is 2.80. The number of anilines is 1. The minimum Gasteiger partial charge on any atom is -0.497 e. The van der Waals surface area contributed by atoms with Gasteiger partial charge in [0, 0.05) is 6.07 Å². The molecule has 0 N–H and O–H groups in total. The van der Waals surface area contributed by atoms with Crippen LogP contribution in [0.2, 0.25) is 0 Å².